The van der Waals surface area contributed by atoms with Gasteiger partial charge in [-0.1, -0.05) is 38.1 Å². The van der Waals surface area contributed by atoms with Crippen molar-refractivity contribution >= 4 is 11.9 Å². The number of hydrogen-bond acceptors (Lipinski definition) is 4. The van der Waals surface area contributed by atoms with E-state index in [0.29, 0.717) is 12.5 Å². The Labute approximate surface area is 157 Å². The number of methoxy groups -OCH3 is 1. The quantitative estimate of drug-likeness (QED) is 0.760. The molecule has 1 heterocycles. The van der Waals surface area contributed by atoms with Crippen molar-refractivity contribution in [3.8, 4) is 0 Å². The summed E-state index contributed by atoms with van der Waals surface area (Å²) in [6.07, 6.45) is 2.59. The number of ether oxygens (including phenoxy) is 1. The predicted molar refractivity (Wildman–Crippen MR) is 103 cm³/mol. The van der Waals surface area contributed by atoms with Crippen LogP contribution in [0, 0.1) is 11.8 Å². The second-order valence-electron chi connectivity index (χ2n) is 7.70. The Hall–Kier alpha value is -1.88. The minimum atomic E-state index is -0.136. The first kappa shape index (κ1) is 20.4. The highest BCUT2D eigenvalue weighted by molar-refractivity contribution is 5.78. The van der Waals surface area contributed by atoms with Crippen molar-refractivity contribution in [3.63, 3.8) is 0 Å². The molecular weight excluding hydrogens is 328 g/mol. The van der Waals surface area contributed by atoms with Gasteiger partial charge in [0.25, 0.3) is 0 Å². The molecule has 2 rings (SSSR count). The van der Waals surface area contributed by atoms with E-state index in [9.17, 15) is 9.59 Å². The van der Waals surface area contributed by atoms with Crippen LogP contribution in [0.5, 0.6) is 0 Å². The zero-order valence-corrected chi connectivity index (χ0v) is 16.5. The summed E-state index contributed by atoms with van der Waals surface area (Å²) in [6, 6.07) is 8.49. The average Bonchev–Trinajstić information content (AvgIpc) is 2.61. The average molecular weight is 360 g/mol. The van der Waals surface area contributed by atoms with Gasteiger partial charge in [0, 0.05) is 0 Å². The molecule has 5 nitrogen and oxygen atoms in total. The molecule has 1 aromatic carbocycles. The van der Waals surface area contributed by atoms with Crippen molar-refractivity contribution < 1.29 is 14.3 Å². The molecule has 0 radical (unpaired) electrons. The van der Waals surface area contributed by atoms with Crippen LogP contribution in [0.1, 0.15) is 50.8 Å². The number of piperidine rings is 1. The Balaban J connectivity index is 1.78. The van der Waals surface area contributed by atoms with Crippen LogP contribution >= 0.6 is 0 Å². The number of nitrogens with zero attached hydrogens (tertiary/aromatic N) is 1. The lowest BCUT2D eigenvalue weighted by Gasteiger charge is -2.30. The van der Waals surface area contributed by atoms with Crippen LogP contribution in [0.3, 0.4) is 0 Å². The van der Waals surface area contributed by atoms with Gasteiger partial charge in [-0.05, 0) is 56.3 Å². The number of carbonyl (C=O) groups is 2. The molecule has 1 amide bonds. The minimum absolute atomic E-state index is 0.0109. The van der Waals surface area contributed by atoms with E-state index in [0.717, 1.165) is 37.9 Å². The van der Waals surface area contributed by atoms with Crippen LogP contribution in [0.4, 0.5) is 0 Å². The molecule has 1 atom stereocenters. The molecule has 0 bridgehead atoms. The van der Waals surface area contributed by atoms with Crippen LogP contribution in [0.2, 0.25) is 0 Å². The van der Waals surface area contributed by atoms with Crippen LogP contribution in [-0.4, -0.2) is 43.5 Å². The smallest absolute Gasteiger partial charge is 0.308 e. The van der Waals surface area contributed by atoms with Crippen LogP contribution in [0.25, 0.3) is 0 Å². The zero-order chi connectivity index (χ0) is 19.1. The van der Waals surface area contributed by atoms with Gasteiger partial charge in [-0.15, -0.1) is 0 Å². The van der Waals surface area contributed by atoms with Crippen molar-refractivity contribution in [1.29, 1.82) is 0 Å². The van der Waals surface area contributed by atoms with E-state index >= 15 is 0 Å². The van der Waals surface area contributed by atoms with Crippen molar-refractivity contribution in [3.05, 3.63) is 35.4 Å². The van der Waals surface area contributed by atoms with Crippen molar-refractivity contribution in [2.24, 2.45) is 11.8 Å². The highest BCUT2D eigenvalue weighted by Crippen LogP contribution is 2.19. The van der Waals surface area contributed by atoms with E-state index < -0.39 is 0 Å². The number of amides is 1. The van der Waals surface area contributed by atoms with E-state index in [1.165, 1.54) is 12.7 Å². The molecule has 1 saturated heterocycles. The fourth-order valence-corrected chi connectivity index (χ4v) is 3.48. The number of likely N-dealkylation sites (tertiary alicyclic amines) is 1. The lowest BCUT2D eigenvalue weighted by Crippen LogP contribution is -2.43. The number of hydrogen-bond donors (Lipinski definition) is 1. The molecular formula is C21H32N2O3. The second-order valence-corrected chi connectivity index (χ2v) is 7.70. The molecule has 5 heteroatoms. The summed E-state index contributed by atoms with van der Waals surface area (Å²) in [6.45, 7) is 8.33. The van der Waals surface area contributed by atoms with E-state index in [1.807, 2.05) is 6.92 Å². The van der Waals surface area contributed by atoms with Gasteiger partial charge in [-0.3, -0.25) is 14.5 Å². The monoisotopic (exact) mass is 360 g/mol. The molecule has 0 unspecified atom stereocenters. The summed E-state index contributed by atoms with van der Waals surface area (Å²) < 4.78 is 4.80. The number of esters is 1. The van der Waals surface area contributed by atoms with Crippen molar-refractivity contribution in [2.75, 3.05) is 26.7 Å². The highest BCUT2D eigenvalue weighted by atomic mass is 16.5. The first-order chi connectivity index (χ1) is 12.4. The summed E-state index contributed by atoms with van der Waals surface area (Å²) in [7, 11) is 1.43. The molecule has 1 aliphatic heterocycles. The van der Waals surface area contributed by atoms with Gasteiger partial charge in [-0.25, -0.2) is 0 Å². The fourth-order valence-electron chi connectivity index (χ4n) is 3.48. The Kier molecular flexibility index (Phi) is 7.64. The SMILES string of the molecule is COC(=O)C1CCN(CC(=O)N[C@H](C)c2ccc(CC(C)C)cc2)CC1. The molecule has 0 saturated carbocycles. The molecule has 144 valence electrons. The topological polar surface area (TPSA) is 58.6 Å². The third-order valence-electron chi connectivity index (χ3n) is 4.99. The normalized spacial score (nSPS) is 17.1. The number of rotatable bonds is 7. The second kappa shape index (κ2) is 9.72. The first-order valence-corrected chi connectivity index (χ1v) is 9.57. The van der Waals surface area contributed by atoms with Gasteiger partial charge in [0.15, 0.2) is 0 Å². The van der Waals surface area contributed by atoms with Crippen LogP contribution in [-0.2, 0) is 20.7 Å². The highest BCUT2D eigenvalue weighted by Gasteiger charge is 2.26. The van der Waals surface area contributed by atoms with E-state index in [2.05, 4.69) is 48.3 Å². The lowest BCUT2D eigenvalue weighted by molar-refractivity contribution is -0.147. The number of nitrogens with one attached hydrogen (secondary N) is 1. The summed E-state index contributed by atoms with van der Waals surface area (Å²) in [4.78, 5) is 26.0. The Morgan fingerprint density at radius 3 is 2.31 bits per heavy atom. The van der Waals surface area contributed by atoms with Gasteiger partial charge in [0.1, 0.15) is 0 Å². The minimum Gasteiger partial charge on any atom is -0.469 e. The van der Waals surface area contributed by atoms with Gasteiger partial charge in [0.05, 0.1) is 25.6 Å². The fraction of sp³-hybridized carbons (Fsp3) is 0.619. The predicted octanol–water partition coefficient (Wildman–Crippen LogP) is 2.95. The van der Waals surface area contributed by atoms with Crippen molar-refractivity contribution in [1.82, 2.24) is 10.2 Å². The molecule has 0 spiro atoms. The molecule has 0 aliphatic carbocycles. The standard InChI is InChI=1S/C21H32N2O3/c1-15(2)13-17-5-7-18(8-6-17)16(3)22-20(24)14-23-11-9-19(10-12-23)21(25)26-4/h5-8,15-16,19H,9-14H2,1-4H3,(H,22,24)/t16-/m1/s1. The maximum absolute atomic E-state index is 12.3. The molecule has 0 aromatic heterocycles. The molecule has 1 N–H and O–H groups in total. The number of benzene rings is 1. The van der Waals surface area contributed by atoms with E-state index in [-0.39, 0.29) is 23.8 Å². The van der Waals surface area contributed by atoms with E-state index in [1.54, 1.807) is 0 Å². The van der Waals surface area contributed by atoms with Crippen molar-refractivity contribution in [2.45, 2.75) is 46.1 Å². The van der Waals surface area contributed by atoms with Crippen LogP contribution in [0.15, 0.2) is 24.3 Å². The molecule has 1 aromatic rings. The molecule has 1 aliphatic rings. The van der Waals surface area contributed by atoms with Gasteiger partial charge < -0.3 is 10.1 Å². The summed E-state index contributed by atoms with van der Waals surface area (Å²) in [5.74, 6) is 0.507. The number of carbonyl (C=O) groups excluding carboxylic acids is 2. The van der Waals surface area contributed by atoms with Gasteiger partial charge in [0.2, 0.25) is 5.91 Å². The van der Waals surface area contributed by atoms with Crippen LogP contribution < -0.4 is 5.32 Å². The first-order valence-electron chi connectivity index (χ1n) is 9.57. The molecule has 26 heavy (non-hydrogen) atoms. The summed E-state index contributed by atoms with van der Waals surface area (Å²) >= 11 is 0. The Bertz CT molecular complexity index is 590. The largest absolute Gasteiger partial charge is 0.469 e. The van der Waals surface area contributed by atoms with E-state index in [4.69, 9.17) is 4.74 Å². The summed E-state index contributed by atoms with van der Waals surface area (Å²) in [5.41, 5.74) is 2.45. The summed E-state index contributed by atoms with van der Waals surface area (Å²) in [5, 5.41) is 3.08. The Morgan fingerprint density at radius 2 is 1.77 bits per heavy atom. The Morgan fingerprint density at radius 1 is 1.15 bits per heavy atom. The third kappa shape index (κ3) is 6.13. The zero-order valence-electron chi connectivity index (χ0n) is 16.5. The third-order valence-corrected chi connectivity index (χ3v) is 4.99. The maximum atomic E-state index is 12.3. The van der Waals surface area contributed by atoms with Gasteiger partial charge >= 0.3 is 5.97 Å². The molecule has 1 fully saturated rings. The van der Waals surface area contributed by atoms with Gasteiger partial charge in [-0.2, -0.15) is 0 Å². The maximum Gasteiger partial charge on any atom is 0.308 e. The lowest BCUT2D eigenvalue weighted by atomic mass is 9.97.